The Bertz CT molecular complexity index is 688. The van der Waals surface area contributed by atoms with Crippen LogP contribution in [0.25, 0.3) is 15.9 Å². The molecule has 0 spiro atoms. The molecule has 0 aliphatic carbocycles. The van der Waals surface area contributed by atoms with E-state index in [1.54, 1.807) is 28.5 Å². The fourth-order valence-corrected chi connectivity index (χ4v) is 2.30. The zero-order valence-electron chi connectivity index (χ0n) is 8.57. The number of carbonyl (C=O) groups is 1. The molecule has 84 valence electrons. The van der Waals surface area contributed by atoms with Crippen LogP contribution in [0.1, 0.15) is 10.5 Å². The molecule has 1 N–H and O–H groups in total. The highest BCUT2D eigenvalue weighted by atomic mass is 32.1. The summed E-state index contributed by atoms with van der Waals surface area (Å²) in [4.78, 5) is 15.1. The average Bonchev–Trinajstić information content (AvgIpc) is 2.95. The number of nitrogens with zero attached hydrogens (tertiary/aromatic N) is 3. The Hall–Kier alpha value is -2.21. The molecule has 6 heteroatoms. The van der Waals surface area contributed by atoms with Crippen molar-refractivity contribution < 1.29 is 9.90 Å². The maximum atomic E-state index is 11.1. The van der Waals surface area contributed by atoms with Crippen molar-refractivity contribution in [3.8, 4) is 5.00 Å². The predicted octanol–water partition coefficient (Wildman–Crippen LogP) is 2.18. The second-order valence-electron chi connectivity index (χ2n) is 3.42. The second kappa shape index (κ2) is 3.67. The first-order chi connectivity index (χ1) is 8.27. The highest BCUT2D eigenvalue weighted by Gasteiger charge is 2.16. The van der Waals surface area contributed by atoms with Gasteiger partial charge in [0.2, 0.25) is 0 Å². The molecule has 2 aromatic heterocycles. The number of benzene rings is 1. The van der Waals surface area contributed by atoms with Crippen LogP contribution >= 0.6 is 11.3 Å². The van der Waals surface area contributed by atoms with Gasteiger partial charge in [-0.15, -0.1) is 11.3 Å². The highest BCUT2D eigenvalue weighted by Crippen LogP contribution is 2.23. The summed E-state index contributed by atoms with van der Waals surface area (Å²) >= 11 is 1.41. The van der Waals surface area contributed by atoms with E-state index in [1.165, 1.54) is 11.3 Å². The normalized spacial score (nSPS) is 10.8. The summed E-state index contributed by atoms with van der Waals surface area (Å²) in [6.07, 6.45) is 1.66. The zero-order chi connectivity index (χ0) is 11.8. The van der Waals surface area contributed by atoms with Gasteiger partial charge in [0, 0.05) is 5.39 Å². The highest BCUT2D eigenvalue weighted by molar-refractivity contribution is 7.12. The van der Waals surface area contributed by atoms with Crippen LogP contribution in [0, 0.1) is 0 Å². The van der Waals surface area contributed by atoms with Crippen molar-refractivity contribution in [2.75, 3.05) is 0 Å². The molecule has 1 aromatic carbocycles. The zero-order valence-corrected chi connectivity index (χ0v) is 9.39. The van der Waals surface area contributed by atoms with Crippen molar-refractivity contribution in [2.45, 2.75) is 0 Å². The van der Waals surface area contributed by atoms with Gasteiger partial charge in [-0.3, -0.25) is 4.98 Å². The Morgan fingerprint density at radius 1 is 1.35 bits per heavy atom. The standard InChI is InChI=1S/C11H7N3O2S/c15-11(16)10-7-3-1-2-4-8(7)14(13-10)9-5-12-6-17-9/h1-6H,(H,15,16). The van der Waals surface area contributed by atoms with Crippen LogP contribution in [-0.2, 0) is 0 Å². The van der Waals surface area contributed by atoms with E-state index in [0.29, 0.717) is 5.39 Å². The van der Waals surface area contributed by atoms with Crippen LogP contribution in [0.3, 0.4) is 0 Å². The first kappa shape index (κ1) is 9.98. The predicted molar refractivity (Wildman–Crippen MR) is 63.7 cm³/mol. The lowest BCUT2D eigenvalue weighted by molar-refractivity contribution is 0.0692. The Morgan fingerprint density at radius 2 is 2.18 bits per heavy atom. The van der Waals surface area contributed by atoms with Crippen molar-refractivity contribution in [1.29, 1.82) is 0 Å². The second-order valence-corrected chi connectivity index (χ2v) is 4.29. The average molecular weight is 245 g/mol. The molecule has 5 nitrogen and oxygen atoms in total. The third-order valence-electron chi connectivity index (χ3n) is 2.42. The van der Waals surface area contributed by atoms with Crippen molar-refractivity contribution >= 4 is 28.2 Å². The van der Waals surface area contributed by atoms with Gasteiger partial charge in [0.1, 0.15) is 5.00 Å². The van der Waals surface area contributed by atoms with E-state index < -0.39 is 5.97 Å². The molecule has 0 saturated carbocycles. The third-order valence-corrected chi connectivity index (χ3v) is 3.16. The van der Waals surface area contributed by atoms with Gasteiger partial charge in [-0.25, -0.2) is 9.48 Å². The van der Waals surface area contributed by atoms with E-state index >= 15 is 0 Å². The van der Waals surface area contributed by atoms with E-state index in [1.807, 2.05) is 12.1 Å². The minimum atomic E-state index is -1.02. The van der Waals surface area contributed by atoms with Crippen molar-refractivity contribution in [1.82, 2.24) is 14.8 Å². The number of carboxylic acids is 1. The number of para-hydroxylation sites is 1. The van der Waals surface area contributed by atoms with E-state index in [0.717, 1.165) is 10.5 Å². The van der Waals surface area contributed by atoms with E-state index in [9.17, 15) is 4.79 Å². The molecular formula is C11H7N3O2S. The van der Waals surface area contributed by atoms with E-state index in [2.05, 4.69) is 10.1 Å². The lowest BCUT2D eigenvalue weighted by Crippen LogP contribution is -2.00. The first-order valence-corrected chi connectivity index (χ1v) is 5.75. The number of thiazole rings is 1. The summed E-state index contributed by atoms with van der Waals surface area (Å²) < 4.78 is 1.61. The van der Waals surface area contributed by atoms with E-state index in [4.69, 9.17) is 5.11 Å². The van der Waals surface area contributed by atoms with Gasteiger partial charge >= 0.3 is 5.97 Å². The fraction of sp³-hybridized carbons (Fsp3) is 0. The van der Waals surface area contributed by atoms with Crippen molar-refractivity contribution in [3.63, 3.8) is 0 Å². The van der Waals surface area contributed by atoms with Crippen molar-refractivity contribution in [2.24, 2.45) is 0 Å². The molecule has 0 unspecified atom stereocenters. The van der Waals surface area contributed by atoms with Gasteiger partial charge in [0.25, 0.3) is 0 Å². The SMILES string of the molecule is O=C(O)c1nn(-c2cncs2)c2ccccc12. The van der Waals surface area contributed by atoms with Crippen LogP contribution in [0.2, 0.25) is 0 Å². The number of fused-ring (bicyclic) bond motifs is 1. The Labute approximate surface area is 100.0 Å². The number of hydrogen-bond acceptors (Lipinski definition) is 4. The van der Waals surface area contributed by atoms with Crippen LogP contribution in [0.5, 0.6) is 0 Å². The number of aromatic nitrogens is 3. The molecule has 0 amide bonds. The maximum absolute atomic E-state index is 11.1. The minimum absolute atomic E-state index is 0.0639. The smallest absolute Gasteiger partial charge is 0.357 e. The molecule has 0 atom stereocenters. The molecule has 2 heterocycles. The van der Waals surface area contributed by atoms with Gasteiger partial charge in [-0.05, 0) is 6.07 Å². The summed E-state index contributed by atoms with van der Waals surface area (Å²) in [7, 11) is 0. The summed E-state index contributed by atoms with van der Waals surface area (Å²) in [6, 6.07) is 7.25. The topological polar surface area (TPSA) is 68.0 Å². The molecule has 0 fully saturated rings. The number of carboxylic acid groups (broad SMARTS) is 1. The van der Waals surface area contributed by atoms with Gasteiger partial charge in [0.05, 0.1) is 17.2 Å². The summed E-state index contributed by atoms with van der Waals surface area (Å²) in [6.45, 7) is 0. The Kier molecular flexibility index (Phi) is 2.15. The van der Waals surface area contributed by atoms with Crippen LogP contribution in [-0.4, -0.2) is 25.8 Å². The fourth-order valence-electron chi connectivity index (χ4n) is 1.71. The first-order valence-electron chi connectivity index (χ1n) is 4.87. The molecule has 3 rings (SSSR count). The molecule has 0 bridgehead atoms. The van der Waals surface area contributed by atoms with Crippen LogP contribution in [0.4, 0.5) is 0 Å². The van der Waals surface area contributed by atoms with Gasteiger partial charge < -0.3 is 5.11 Å². The number of rotatable bonds is 2. The van der Waals surface area contributed by atoms with Gasteiger partial charge in [-0.1, -0.05) is 18.2 Å². The monoisotopic (exact) mass is 245 g/mol. The van der Waals surface area contributed by atoms with Gasteiger partial charge in [0.15, 0.2) is 5.69 Å². The molecule has 0 aliphatic rings. The molecule has 0 aliphatic heterocycles. The lowest BCUT2D eigenvalue weighted by Gasteiger charge is -1.96. The number of aromatic carboxylic acids is 1. The third kappa shape index (κ3) is 1.50. The molecule has 3 aromatic rings. The van der Waals surface area contributed by atoms with Crippen molar-refractivity contribution in [3.05, 3.63) is 41.7 Å². The van der Waals surface area contributed by atoms with Gasteiger partial charge in [-0.2, -0.15) is 5.10 Å². The molecule has 0 radical (unpaired) electrons. The summed E-state index contributed by atoms with van der Waals surface area (Å²) in [5.74, 6) is -1.02. The summed E-state index contributed by atoms with van der Waals surface area (Å²) in [5.41, 5.74) is 2.52. The molecule has 0 saturated heterocycles. The Morgan fingerprint density at radius 3 is 2.88 bits per heavy atom. The Balaban J connectivity index is 2.37. The van der Waals surface area contributed by atoms with Crippen LogP contribution in [0.15, 0.2) is 36.0 Å². The minimum Gasteiger partial charge on any atom is -0.476 e. The quantitative estimate of drug-likeness (QED) is 0.751. The molecular weight excluding hydrogens is 238 g/mol. The summed E-state index contributed by atoms with van der Waals surface area (Å²) in [5, 5.41) is 14.7. The van der Waals surface area contributed by atoms with Crippen LogP contribution < -0.4 is 0 Å². The lowest BCUT2D eigenvalue weighted by atomic mass is 10.2. The number of hydrogen-bond donors (Lipinski definition) is 1. The largest absolute Gasteiger partial charge is 0.476 e. The van der Waals surface area contributed by atoms with E-state index in [-0.39, 0.29) is 5.69 Å². The molecule has 17 heavy (non-hydrogen) atoms. The maximum Gasteiger partial charge on any atom is 0.357 e.